The lowest BCUT2D eigenvalue weighted by Crippen LogP contribution is -2.40. The number of hydrogen-bond donors (Lipinski definition) is 2. The van der Waals surface area contributed by atoms with Gasteiger partial charge in [0.1, 0.15) is 0 Å². The largest absolute Gasteiger partial charge is 0.330 e. The Morgan fingerprint density at radius 1 is 0.600 bits per heavy atom. The van der Waals surface area contributed by atoms with Crippen LogP contribution in [0, 0.1) is 0 Å². The van der Waals surface area contributed by atoms with E-state index in [9.17, 15) is 0 Å². The van der Waals surface area contributed by atoms with Crippen LogP contribution in [-0.2, 0) is 0 Å². The summed E-state index contributed by atoms with van der Waals surface area (Å²) in [5.74, 6) is 0. The molecule has 0 aliphatic heterocycles. The molecule has 0 heterocycles. The summed E-state index contributed by atoms with van der Waals surface area (Å²) >= 11 is 0. The minimum atomic E-state index is 0. The Morgan fingerprint density at radius 3 is 1.15 bits per heavy atom. The lowest BCUT2D eigenvalue weighted by molar-refractivity contribution is 0.117. The first-order valence-electron chi connectivity index (χ1n) is 6.06. The molecule has 0 saturated carbocycles. The summed E-state index contributed by atoms with van der Waals surface area (Å²) in [5, 5.41) is 0. The Hall–Kier alpha value is -0.200. The molecule has 5 nitrogen and oxygen atoms in total. The van der Waals surface area contributed by atoms with Gasteiger partial charge in [-0.15, -0.1) is 0 Å². The molecule has 20 heavy (non-hydrogen) atoms. The summed E-state index contributed by atoms with van der Waals surface area (Å²) in [6.07, 6.45) is 2.13. The molecule has 0 aliphatic rings. The molecular weight excluding hydrogens is 250 g/mol. The lowest BCUT2D eigenvalue weighted by atomic mass is 10.4. The van der Waals surface area contributed by atoms with Crippen molar-refractivity contribution in [2.75, 3.05) is 60.7 Å². The fourth-order valence-electron chi connectivity index (χ4n) is 1.73. The molecule has 0 saturated heterocycles. The first-order chi connectivity index (χ1) is 7.60. The van der Waals surface area contributed by atoms with Crippen LogP contribution < -0.4 is 11.5 Å². The van der Waals surface area contributed by atoms with Crippen LogP contribution in [0.4, 0.5) is 0 Å². The Balaban J connectivity index is -0.000000187. The highest BCUT2D eigenvalue weighted by Gasteiger charge is 2.05. The third-order valence-electron chi connectivity index (χ3n) is 2.45. The second kappa shape index (κ2) is 21.1. The first-order valence-corrected chi connectivity index (χ1v) is 6.06. The van der Waals surface area contributed by atoms with Crippen LogP contribution in [0.1, 0.15) is 42.5 Å². The van der Waals surface area contributed by atoms with Crippen LogP contribution in [0.3, 0.4) is 0 Å². The molecule has 0 aromatic carbocycles. The molecule has 0 unspecified atom stereocenters. The molecule has 5 heteroatoms. The maximum atomic E-state index is 5.48. The van der Waals surface area contributed by atoms with Crippen molar-refractivity contribution >= 4 is 0 Å². The van der Waals surface area contributed by atoms with Gasteiger partial charge in [-0.05, 0) is 47.1 Å². The van der Waals surface area contributed by atoms with Gasteiger partial charge in [-0.1, -0.05) is 29.7 Å². The van der Waals surface area contributed by atoms with Gasteiger partial charge in [-0.2, -0.15) is 0 Å². The summed E-state index contributed by atoms with van der Waals surface area (Å²) < 4.78 is 0. The average Bonchev–Trinajstić information content (AvgIpc) is 2.23. The third kappa shape index (κ3) is 20.1. The van der Waals surface area contributed by atoms with Crippen LogP contribution >= 0.6 is 0 Å². The maximum absolute atomic E-state index is 5.48. The lowest BCUT2D eigenvalue weighted by Gasteiger charge is -2.28. The normalized spacial score (nSPS) is 9.60. The summed E-state index contributed by atoms with van der Waals surface area (Å²) in [7, 11) is 6.40. The van der Waals surface area contributed by atoms with Crippen LogP contribution in [0.2, 0.25) is 0 Å². The number of rotatable bonds is 10. The van der Waals surface area contributed by atoms with Crippen molar-refractivity contribution in [1.29, 1.82) is 0 Å². The van der Waals surface area contributed by atoms with Gasteiger partial charge in [0.2, 0.25) is 0 Å². The van der Waals surface area contributed by atoms with Crippen molar-refractivity contribution in [2.45, 2.75) is 42.5 Å². The third-order valence-corrected chi connectivity index (χ3v) is 2.45. The molecule has 0 rings (SSSR count). The molecule has 0 aliphatic carbocycles. The zero-order valence-corrected chi connectivity index (χ0v) is 11.2. The zero-order valence-electron chi connectivity index (χ0n) is 11.2. The maximum Gasteiger partial charge on any atom is 0.0512 e. The van der Waals surface area contributed by atoms with Crippen molar-refractivity contribution in [1.82, 2.24) is 14.7 Å². The number of hydrogen-bond acceptors (Lipinski definition) is 5. The predicted octanol–water partition coefficient (Wildman–Crippen LogP) is 1.94. The molecule has 0 atom stereocenters. The molecule has 0 radical (unpaired) electrons. The van der Waals surface area contributed by atoms with E-state index >= 15 is 0 Å². The molecule has 0 spiro atoms. The van der Waals surface area contributed by atoms with Crippen LogP contribution in [0.15, 0.2) is 0 Å². The second-order valence-corrected chi connectivity index (χ2v) is 4.58. The minimum absolute atomic E-state index is 0. The second-order valence-electron chi connectivity index (χ2n) is 4.58. The van der Waals surface area contributed by atoms with E-state index in [2.05, 4.69) is 35.8 Å². The standard InChI is InChI=1S/C11H29N5.4CH4/c1-14(8-4-6-12)10-16(3)11-15(2)9-5-7-13;;;;/h4-13H2,1-3H3;4*1H4. The predicted molar refractivity (Wildman–Crippen MR) is 97.0 cm³/mol. The van der Waals surface area contributed by atoms with E-state index in [-0.39, 0.29) is 29.7 Å². The van der Waals surface area contributed by atoms with E-state index in [4.69, 9.17) is 11.5 Å². The van der Waals surface area contributed by atoms with E-state index in [1.165, 1.54) is 0 Å². The van der Waals surface area contributed by atoms with Crippen molar-refractivity contribution in [3.63, 3.8) is 0 Å². The monoisotopic (exact) mass is 295 g/mol. The first kappa shape index (κ1) is 31.9. The topological polar surface area (TPSA) is 61.8 Å². The molecule has 4 N–H and O–H groups in total. The highest BCUT2D eigenvalue weighted by molar-refractivity contribution is 4.55. The highest BCUT2D eigenvalue weighted by atomic mass is 15.4. The van der Waals surface area contributed by atoms with Crippen LogP contribution in [-0.4, -0.2) is 75.4 Å². The Kier molecular flexibility index (Phi) is 33.7. The van der Waals surface area contributed by atoms with E-state index in [0.29, 0.717) is 0 Å². The van der Waals surface area contributed by atoms with Crippen LogP contribution in [0.5, 0.6) is 0 Å². The van der Waals surface area contributed by atoms with Gasteiger partial charge in [0.25, 0.3) is 0 Å². The molecule has 0 aromatic rings. The van der Waals surface area contributed by atoms with E-state index in [1.807, 2.05) is 0 Å². The van der Waals surface area contributed by atoms with Crippen molar-refractivity contribution in [3.8, 4) is 0 Å². The number of nitrogens with zero attached hydrogens (tertiary/aromatic N) is 3. The Morgan fingerprint density at radius 2 is 0.900 bits per heavy atom. The smallest absolute Gasteiger partial charge is 0.0512 e. The summed E-state index contributed by atoms with van der Waals surface area (Å²) in [6.45, 7) is 5.62. The summed E-state index contributed by atoms with van der Waals surface area (Å²) in [6, 6.07) is 0. The summed E-state index contributed by atoms with van der Waals surface area (Å²) in [5.41, 5.74) is 11.0. The van der Waals surface area contributed by atoms with Crippen molar-refractivity contribution in [3.05, 3.63) is 0 Å². The average molecular weight is 296 g/mol. The van der Waals surface area contributed by atoms with Crippen molar-refractivity contribution in [2.24, 2.45) is 11.5 Å². The fraction of sp³-hybridized carbons (Fsp3) is 1.00. The van der Waals surface area contributed by atoms with Gasteiger partial charge in [0, 0.05) is 13.1 Å². The molecule has 0 fully saturated rings. The van der Waals surface area contributed by atoms with Crippen molar-refractivity contribution < 1.29 is 0 Å². The van der Waals surface area contributed by atoms with Gasteiger partial charge < -0.3 is 11.5 Å². The van der Waals surface area contributed by atoms with E-state index in [1.54, 1.807) is 0 Å². The quantitative estimate of drug-likeness (QED) is 0.603. The zero-order chi connectivity index (χ0) is 12.4. The van der Waals surface area contributed by atoms with E-state index < -0.39 is 0 Å². The molecule has 130 valence electrons. The SMILES string of the molecule is C.C.C.C.CN(CCCN)CN(C)CN(C)CCCN. The summed E-state index contributed by atoms with van der Waals surface area (Å²) in [4.78, 5) is 6.89. The van der Waals surface area contributed by atoms with E-state index in [0.717, 1.165) is 52.4 Å². The highest BCUT2D eigenvalue weighted by Crippen LogP contribution is 1.93. The van der Waals surface area contributed by atoms with Gasteiger partial charge in [-0.3, -0.25) is 14.7 Å². The van der Waals surface area contributed by atoms with Gasteiger partial charge >= 0.3 is 0 Å². The molecule has 0 bridgehead atoms. The minimum Gasteiger partial charge on any atom is -0.330 e. The Bertz CT molecular complexity index is 139. The van der Waals surface area contributed by atoms with Gasteiger partial charge in [-0.25, -0.2) is 0 Å². The van der Waals surface area contributed by atoms with Gasteiger partial charge in [0.15, 0.2) is 0 Å². The fourth-order valence-corrected chi connectivity index (χ4v) is 1.73. The number of nitrogens with two attached hydrogens (primary N) is 2. The van der Waals surface area contributed by atoms with Gasteiger partial charge in [0.05, 0.1) is 13.3 Å². The Labute approximate surface area is 130 Å². The van der Waals surface area contributed by atoms with Crippen LogP contribution in [0.25, 0.3) is 0 Å². The molecule has 0 aromatic heterocycles. The molecular formula is C15H45N5. The molecule has 0 amide bonds.